The summed E-state index contributed by atoms with van der Waals surface area (Å²) in [5.74, 6) is -1.57. The molecule has 2 amide bonds. The molecule has 0 radical (unpaired) electrons. The Labute approximate surface area is 139 Å². The first-order valence-electron chi connectivity index (χ1n) is 7.70. The van der Waals surface area contributed by atoms with E-state index in [1.807, 2.05) is 11.8 Å². The zero-order chi connectivity index (χ0) is 17.7. The van der Waals surface area contributed by atoms with Crippen LogP contribution in [0.25, 0.3) is 0 Å². The Kier molecular flexibility index (Phi) is 6.22. The molecular weight excluding hydrogens is 320 g/mol. The van der Waals surface area contributed by atoms with Crippen molar-refractivity contribution in [3.05, 3.63) is 35.4 Å². The second-order valence-corrected chi connectivity index (χ2v) is 5.69. The summed E-state index contributed by atoms with van der Waals surface area (Å²) in [6, 6.07) is 3.42. The number of halogens is 2. The number of hydrogen-bond acceptors (Lipinski definition) is 5. The zero-order valence-corrected chi connectivity index (χ0v) is 13.7. The number of carbonyl (C=O) groups is 2. The fourth-order valence-electron chi connectivity index (χ4n) is 2.75. The van der Waals surface area contributed by atoms with E-state index in [0.717, 1.165) is 6.07 Å². The Morgan fingerprint density at radius 2 is 1.92 bits per heavy atom. The summed E-state index contributed by atoms with van der Waals surface area (Å²) in [6.45, 7) is 4.48. The monoisotopic (exact) mass is 341 g/mol. The number of rotatable bonds is 4. The SMILES string of the molecule is COC(=O)NC(=O)CN1CCN([C@@H](C)c2ccc(F)cc2F)CC1. The smallest absolute Gasteiger partial charge is 0.413 e. The molecule has 1 aromatic rings. The molecule has 8 heteroatoms. The third kappa shape index (κ3) is 4.72. The maximum atomic E-state index is 13.9. The van der Waals surface area contributed by atoms with Gasteiger partial charge in [-0.25, -0.2) is 13.6 Å². The predicted octanol–water partition coefficient (Wildman–Crippen LogP) is 1.53. The van der Waals surface area contributed by atoms with Crippen LogP contribution in [0.2, 0.25) is 0 Å². The van der Waals surface area contributed by atoms with Gasteiger partial charge in [-0.2, -0.15) is 0 Å². The van der Waals surface area contributed by atoms with Gasteiger partial charge in [0.25, 0.3) is 0 Å². The molecule has 0 aromatic heterocycles. The average molecular weight is 341 g/mol. The number of imide groups is 1. The van der Waals surface area contributed by atoms with E-state index in [4.69, 9.17) is 0 Å². The molecule has 1 fully saturated rings. The van der Waals surface area contributed by atoms with Gasteiger partial charge in [0.05, 0.1) is 13.7 Å². The van der Waals surface area contributed by atoms with Crippen LogP contribution in [0, 0.1) is 11.6 Å². The lowest BCUT2D eigenvalue weighted by molar-refractivity contribution is -0.122. The summed E-state index contributed by atoms with van der Waals surface area (Å²) in [4.78, 5) is 26.6. The molecular formula is C16H21F2N3O3. The molecule has 24 heavy (non-hydrogen) atoms. The van der Waals surface area contributed by atoms with Gasteiger partial charge in [0, 0.05) is 43.9 Å². The molecule has 0 spiro atoms. The standard InChI is InChI=1S/C16H21F2N3O3/c1-11(13-4-3-12(17)9-14(13)18)21-7-5-20(6-8-21)10-15(22)19-16(23)24-2/h3-4,9,11H,5-8,10H2,1-2H3,(H,19,22,23)/t11-/m0/s1. The van der Waals surface area contributed by atoms with Crippen LogP contribution in [0.15, 0.2) is 18.2 Å². The molecule has 1 atom stereocenters. The van der Waals surface area contributed by atoms with Crippen molar-refractivity contribution >= 4 is 12.0 Å². The summed E-state index contributed by atoms with van der Waals surface area (Å²) in [5, 5.41) is 2.11. The molecule has 6 nitrogen and oxygen atoms in total. The van der Waals surface area contributed by atoms with Gasteiger partial charge in [0.2, 0.25) is 5.91 Å². The molecule has 1 aliphatic rings. The largest absolute Gasteiger partial charge is 0.453 e. The first-order chi connectivity index (χ1) is 11.4. The van der Waals surface area contributed by atoms with Gasteiger partial charge in [-0.1, -0.05) is 6.07 Å². The Morgan fingerprint density at radius 1 is 1.25 bits per heavy atom. The summed E-state index contributed by atoms with van der Waals surface area (Å²) in [7, 11) is 1.19. The fourth-order valence-corrected chi connectivity index (χ4v) is 2.75. The van der Waals surface area contributed by atoms with E-state index in [1.165, 1.54) is 19.2 Å². The molecule has 1 saturated heterocycles. The third-order valence-electron chi connectivity index (χ3n) is 4.16. The molecule has 1 heterocycles. The van der Waals surface area contributed by atoms with Crippen LogP contribution in [-0.4, -0.2) is 61.6 Å². The Balaban J connectivity index is 1.86. The van der Waals surface area contributed by atoms with E-state index >= 15 is 0 Å². The van der Waals surface area contributed by atoms with Gasteiger partial charge in [-0.05, 0) is 13.0 Å². The zero-order valence-electron chi connectivity index (χ0n) is 13.7. The van der Waals surface area contributed by atoms with Crippen molar-refractivity contribution in [1.29, 1.82) is 0 Å². The predicted molar refractivity (Wildman–Crippen MR) is 83.3 cm³/mol. The van der Waals surface area contributed by atoms with Crippen molar-refractivity contribution in [3.63, 3.8) is 0 Å². The van der Waals surface area contributed by atoms with Crippen LogP contribution in [-0.2, 0) is 9.53 Å². The van der Waals surface area contributed by atoms with Crippen molar-refractivity contribution in [2.24, 2.45) is 0 Å². The molecule has 0 aliphatic carbocycles. The minimum Gasteiger partial charge on any atom is -0.453 e. The molecule has 0 unspecified atom stereocenters. The van der Waals surface area contributed by atoms with Crippen LogP contribution < -0.4 is 5.32 Å². The van der Waals surface area contributed by atoms with E-state index < -0.39 is 23.6 Å². The number of nitrogens with zero attached hydrogens (tertiary/aromatic N) is 2. The van der Waals surface area contributed by atoms with Crippen molar-refractivity contribution in [2.75, 3.05) is 39.8 Å². The lowest BCUT2D eigenvalue weighted by Gasteiger charge is -2.37. The van der Waals surface area contributed by atoms with E-state index in [9.17, 15) is 18.4 Å². The molecule has 0 saturated carbocycles. The first-order valence-corrected chi connectivity index (χ1v) is 7.70. The van der Waals surface area contributed by atoms with Crippen molar-refractivity contribution in [3.8, 4) is 0 Å². The molecule has 0 bridgehead atoms. The summed E-state index contributed by atoms with van der Waals surface area (Å²) in [5.41, 5.74) is 0.452. The number of benzene rings is 1. The summed E-state index contributed by atoms with van der Waals surface area (Å²) < 4.78 is 31.3. The number of hydrogen-bond donors (Lipinski definition) is 1. The van der Waals surface area contributed by atoms with Crippen molar-refractivity contribution in [2.45, 2.75) is 13.0 Å². The highest BCUT2D eigenvalue weighted by atomic mass is 19.1. The number of amides is 2. The van der Waals surface area contributed by atoms with Crippen molar-refractivity contribution in [1.82, 2.24) is 15.1 Å². The van der Waals surface area contributed by atoms with Crippen LogP contribution >= 0.6 is 0 Å². The first kappa shape index (κ1) is 18.3. The van der Waals surface area contributed by atoms with E-state index in [0.29, 0.717) is 31.7 Å². The minimum absolute atomic E-state index is 0.0994. The quantitative estimate of drug-likeness (QED) is 0.900. The second kappa shape index (κ2) is 8.16. The Bertz CT molecular complexity index is 604. The molecule has 1 N–H and O–H groups in total. The van der Waals surface area contributed by atoms with Gasteiger partial charge in [0.15, 0.2) is 0 Å². The molecule has 2 rings (SSSR count). The van der Waals surface area contributed by atoms with Crippen LogP contribution in [0.5, 0.6) is 0 Å². The molecule has 132 valence electrons. The summed E-state index contributed by atoms with van der Waals surface area (Å²) >= 11 is 0. The average Bonchev–Trinajstić information content (AvgIpc) is 2.54. The van der Waals surface area contributed by atoms with Gasteiger partial charge >= 0.3 is 6.09 Å². The maximum Gasteiger partial charge on any atom is 0.413 e. The highest BCUT2D eigenvalue weighted by Gasteiger charge is 2.25. The van der Waals surface area contributed by atoms with Gasteiger partial charge < -0.3 is 4.74 Å². The van der Waals surface area contributed by atoms with E-state index in [2.05, 4.69) is 15.0 Å². The topological polar surface area (TPSA) is 61.9 Å². The van der Waals surface area contributed by atoms with Crippen molar-refractivity contribution < 1.29 is 23.1 Å². The van der Waals surface area contributed by atoms with Gasteiger partial charge in [0.1, 0.15) is 11.6 Å². The Hall–Kier alpha value is -2.06. The third-order valence-corrected chi connectivity index (χ3v) is 4.16. The maximum absolute atomic E-state index is 13.9. The number of nitrogens with one attached hydrogen (secondary N) is 1. The number of alkyl carbamates (subject to hydrolysis) is 1. The highest BCUT2D eigenvalue weighted by Crippen LogP contribution is 2.24. The molecule has 1 aliphatic heterocycles. The van der Waals surface area contributed by atoms with E-state index in [1.54, 1.807) is 0 Å². The minimum atomic E-state index is -0.779. The Morgan fingerprint density at radius 3 is 2.50 bits per heavy atom. The van der Waals surface area contributed by atoms with E-state index in [-0.39, 0.29) is 12.6 Å². The summed E-state index contributed by atoms with van der Waals surface area (Å²) in [6.07, 6.45) is -0.779. The van der Waals surface area contributed by atoms with Crippen LogP contribution in [0.1, 0.15) is 18.5 Å². The normalized spacial score (nSPS) is 17.3. The number of piperazine rings is 1. The fraction of sp³-hybridized carbons (Fsp3) is 0.500. The van der Waals surface area contributed by atoms with Gasteiger partial charge in [-0.3, -0.25) is 19.9 Å². The second-order valence-electron chi connectivity index (χ2n) is 5.69. The lowest BCUT2D eigenvalue weighted by Crippen LogP contribution is -2.50. The number of carbonyl (C=O) groups excluding carboxylic acids is 2. The number of methoxy groups -OCH3 is 1. The van der Waals surface area contributed by atoms with Gasteiger partial charge in [-0.15, -0.1) is 0 Å². The number of ether oxygens (including phenoxy) is 1. The van der Waals surface area contributed by atoms with Crippen LogP contribution in [0.4, 0.5) is 13.6 Å². The highest BCUT2D eigenvalue weighted by molar-refractivity contribution is 5.92. The molecule has 1 aromatic carbocycles. The lowest BCUT2D eigenvalue weighted by atomic mass is 10.1. The van der Waals surface area contributed by atoms with Crippen LogP contribution in [0.3, 0.4) is 0 Å².